The SMILES string of the molecule is COc1ccc(OC)c([C@H]2CC(c3ccccc3Cl)=NN2C(=O)CN(CCN2CCOCC2)C(=O)c2cccc(F)c2)c1. The molecule has 3 aromatic carbocycles. The molecule has 0 bridgehead atoms. The van der Waals surface area contributed by atoms with Gasteiger partial charge in [0.15, 0.2) is 0 Å². The number of rotatable bonds is 10. The maximum absolute atomic E-state index is 14.1. The number of carbonyl (C=O) groups excluding carboxylic acids is 2. The Bertz CT molecular complexity index is 1500. The molecule has 2 aliphatic rings. The Morgan fingerprint density at radius 3 is 2.56 bits per heavy atom. The van der Waals surface area contributed by atoms with E-state index in [1.165, 1.54) is 28.1 Å². The van der Waals surface area contributed by atoms with Gasteiger partial charge >= 0.3 is 0 Å². The van der Waals surface area contributed by atoms with Crippen molar-refractivity contribution < 1.29 is 28.2 Å². The highest BCUT2D eigenvalue weighted by Crippen LogP contribution is 2.40. The fourth-order valence-corrected chi connectivity index (χ4v) is 5.56. The molecule has 226 valence electrons. The summed E-state index contributed by atoms with van der Waals surface area (Å²) in [5, 5.41) is 6.67. The quantitative estimate of drug-likeness (QED) is 0.333. The number of morpholine rings is 1. The molecule has 0 aliphatic carbocycles. The van der Waals surface area contributed by atoms with Gasteiger partial charge in [-0.15, -0.1) is 0 Å². The third-order valence-corrected chi connectivity index (χ3v) is 7.95. The number of halogens is 2. The van der Waals surface area contributed by atoms with E-state index in [4.69, 9.17) is 30.9 Å². The first-order valence-electron chi connectivity index (χ1n) is 14.1. The van der Waals surface area contributed by atoms with E-state index in [-0.39, 0.29) is 18.7 Å². The molecule has 43 heavy (non-hydrogen) atoms. The number of amides is 2. The van der Waals surface area contributed by atoms with Crippen LogP contribution in [0.2, 0.25) is 5.02 Å². The summed E-state index contributed by atoms with van der Waals surface area (Å²) in [4.78, 5) is 31.4. The summed E-state index contributed by atoms with van der Waals surface area (Å²) in [6.45, 7) is 3.21. The number of benzene rings is 3. The molecule has 0 radical (unpaired) electrons. The molecular weight excluding hydrogens is 575 g/mol. The van der Waals surface area contributed by atoms with Crippen molar-refractivity contribution in [2.75, 3.05) is 60.2 Å². The van der Waals surface area contributed by atoms with Crippen LogP contribution in [0.15, 0.2) is 71.8 Å². The number of nitrogens with zero attached hydrogens (tertiary/aromatic N) is 4. The van der Waals surface area contributed by atoms with Crippen molar-refractivity contribution in [3.05, 3.63) is 94.3 Å². The Hall–Kier alpha value is -3.99. The first-order chi connectivity index (χ1) is 20.9. The van der Waals surface area contributed by atoms with E-state index in [0.29, 0.717) is 59.5 Å². The van der Waals surface area contributed by atoms with Gasteiger partial charge in [-0.1, -0.05) is 35.9 Å². The molecule has 1 saturated heterocycles. The van der Waals surface area contributed by atoms with E-state index in [0.717, 1.165) is 13.1 Å². The monoisotopic (exact) mass is 608 g/mol. The van der Waals surface area contributed by atoms with Crippen molar-refractivity contribution in [1.82, 2.24) is 14.8 Å². The molecule has 2 heterocycles. The molecule has 9 nitrogen and oxygen atoms in total. The summed E-state index contributed by atoms with van der Waals surface area (Å²) in [6.07, 6.45) is 0.366. The maximum Gasteiger partial charge on any atom is 0.262 e. The largest absolute Gasteiger partial charge is 0.497 e. The van der Waals surface area contributed by atoms with Crippen LogP contribution in [0.1, 0.15) is 33.9 Å². The number of hydrogen-bond acceptors (Lipinski definition) is 7. The molecular formula is C32H34ClFN4O5. The fraction of sp³-hybridized carbons (Fsp3) is 0.344. The fourth-order valence-electron chi connectivity index (χ4n) is 5.32. The predicted octanol–water partition coefficient (Wildman–Crippen LogP) is 4.65. The highest BCUT2D eigenvalue weighted by atomic mass is 35.5. The average molecular weight is 609 g/mol. The Morgan fingerprint density at radius 2 is 1.84 bits per heavy atom. The topological polar surface area (TPSA) is 83.9 Å². The lowest BCUT2D eigenvalue weighted by molar-refractivity contribution is -0.133. The van der Waals surface area contributed by atoms with Crippen LogP contribution in [0.4, 0.5) is 4.39 Å². The van der Waals surface area contributed by atoms with Crippen molar-refractivity contribution in [1.29, 1.82) is 0 Å². The normalized spacial score (nSPS) is 17.0. The number of methoxy groups -OCH3 is 2. The highest BCUT2D eigenvalue weighted by Gasteiger charge is 2.37. The molecule has 2 amide bonds. The van der Waals surface area contributed by atoms with Crippen LogP contribution >= 0.6 is 11.6 Å². The second kappa shape index (κ2) is 14.0. The van der Waals surface area contributed by atoms with Gasteiger partial charge in [0.25, 0.3) is 11.8 Å². The zero-order valence-corrected chi connectivity index (χ0v) is 24.9. The molecule has 5 rings (SSSR count). The zero-order chi connectivity index (χ0) is 30.3. The van der Waals surface area contributed by atoms with Gasteiger partial charge in [-0.05, 0) is 42.5 Å². The van der Waals surface area contributed by atoms with Gasteiger partial charge in [0.05, 0.1) is 39.2 Å². The van der Waals surface area contributed by atoms with Crippen molar-refractivity contribution >= 4 is 29.1 Å². The van der Waals surface area contributed by atoms with Gasteiger partial charge in [0, 0.05) is 54.3 Å². The summed E-state index contributed by atoms with van der Waals surface area (Å²) in [5.41, 5.74) is 2.22. The van der Waals surface area contributed by atoms with E-state index in [2.05, 4.69) is 4.90 Å². The van der Waals surface area contributed by atoms with Crippen LogP contribution in [0.25, 0.3) is 0 Å². The van der Waals surface area contributed by atoms with Crippen molar-refractivity contribution in [2.45, 2.75) is 12.5 Å². The van der Waals surface area contributed by atoms with Gasteiger partial charge in [0.1, 0.15) is 23.9 Å². The van der Waals surface area contributed by atoms with Crippen LogP contribution in [0, 0.1) is 5.82 Å². The van der Waals surface area contributed by atoms with Crippen molar-refractivity contribution in [3.8, 4) is 11.5 Å². The van der Waals surface area contributed by atoms with E-state index in [1.54, 1.807) is 38.5 Å². The number of carbonyl (C=O) groups is 2. The lowest BCUT2D eigenvalue weighted by atomic mass is 9.97. The predicted molar refractivity (Wildman–Crippen MR) is 161 cm³/mol. The minimum Gasteiger partial charge on any atom is -0.497 e. The third-order valence-electron chi connectivity index (χ3n) is 7.62. The van der Waals surface area contributed by atoms with E-state index < -0.39 is 23.7 Å². The van der Waals surface area contributed by atoms with Crippen LogP contribution in [-0.2, 0) is 9.53 Å². The molecule has 1 fully saturated rings. The molecule has 3 aromatic rings. The molecule has 11 heteroatoms. The zero-order valence-electron chi connectivity index (χ0n) is 24.2. The van der Waals surface area contributed by atoms with Gasteiger partial charge in [-0.3, -0.25) is 14.5 Å². The summed E-state index contributed by atoms with van der Waals surface area (Å²) >= 11 is 6.53. The van der Waals surface area contributed by atoms with Crippen molar-refractivity contribution in [3.63, 3.8) is 0 Å². The van der Waals surface area contributed by atoms with E-state index in [1.807, 2.05) is 24.3 Å². The maximum atomic E-state index is 14.1. The Labute approximate surface area is 255 Å². The minimum absolute atomic E-state index is 0.169. The molecule has 0 N–H and O–H groups in total. The van der Waals surface area contributed by atoms with Gasteiger partial charge in [0.2, 0.25) is 0 Å². The van der Waals surface area contributed by atoms with Gasteiger partial charge in [-0.2, -0.15) is 5.10 Å². The number of hydrogen-bond donors (Lipinski definition) is 0. The Kier molecular flexibility index (Phi) is 9.91. The minimum atomic E-state index is -0.547. The smallest absolute Gasteiger partial charge is 0.262 e. The van der Waals surface area contributed by atoms with Crippen molar-refractivity contribution in [2.24, 2.45) is 5.10 Å². The lowest BCUT2D eigenvalue weighted by Crippen LogP contribution is -2.46. The van der Waals surface area contributed by atoms with E-state index in [9.17, 15) is 14.0 Å². The molecule has 2 aliphatic heterocycles. The number of hydrazone groups is 1. The third kappa shape index (κ3) is 7.15. The second-order valence-electron chi connectivity index (χ2n) is 10.3. The van der Waals surface area contributed by atoms with Gasteiger partial charge in [-0.25, -0.2) is 9.40 Å². The lowest BCUT2D eigenvalue weighted by Gasteiger charge is -2.31. The standard InChI is InChI=1S/C32H34ClFN4O5/c1-41-24-10-11-30(42-2)26(19-24)29-20-28(25-8-3-4-9-27(25)33)35-38(29)31(39)21-37(13-12-36-14-16-43-17-15-36)32(40)22-6-5-7-23(34)18-22/h3-11,18-19,29H,12-17,20-21H2,1-2H3/t29-/m1/s1. The second-order valence-corrected chi connectivity index (χ2v) is 10.7. The molecule has 1 atom stereocenters. The average Bonchev–Trinajstić information content (AvgIpc) is 3.48. The summed E-state index contributed by atoms with van der Waals surface area (Å²) in [6, 6.07) is 17.7. The summed E-state index contributed by atoms with van der Waals surface area (Å²) < 4.78 is 30.6. The summed E-state index contributed by atoms with van der Waals surface area (Å²) in [7, 11) is 3.13. The van der Waals surface area contributed by atoms with Crippen LogP contribution in [0.3, 0.4) is 0 Å². The Morgan fingerprint density at radius 1 is 1.05 bits per heavy atom. The van der Waals surface area contributed by atoms with Crippen LogP contribution < -0.4 is 9.47 Å². The first kappa shape index (κ1) is 30.5. The number of ether oxygens (including phenoxy) is 3. The Balaban J connectivity index is 1.47. The van der Waals surface area contributed by atoms with Gasteiger partial charge < -0.3 is 19.1 Å². The molecule has 0 aromatic heterocycles. The highest BCUT2D eigenvalue weighted by molar-refractivity contribution is 6.34. The summed E-state index contributed by atoms with van der Waals surface area (Å²) in [5.74, 6) is -0.194. The van der Waals surface area contributed by atoms with Crippen LogP contribution in [-0.4, -0.2) is 92.5 Å². The molecule has 0 spiro atoms. The van der Waals surface area contributed by atoms with Crippen LogP contribution in [0.5, 0.6) is 11.5 Å². The molecule has 0 unspecified atom stereocenters. The molecule has 0 saturated carbocycles. The first-order valence-corrected chi connectivity index (χ1v) is 14.5. The van der Waals surface area contributed by atoms with E-state index >= 15 is 0 Å².